The Morgan fingerprint density at radius 3 is 2.71 bits per heavy atom. The van der Waals surface area contributed by atoms with Crippen molar-refractivity contribution in [1.29, 1.82) is 0 Å². The van der Waals surface area contributed by atoms with Gasteiger partial charge in [-0.05, 0) is 32.0 Å². The lowest BCUT2D eigenvalue weighted by molar-refractivity contribution is 0.0468. The highest BCUT2D eigenvalue weighted by molar-refractivity contribution is 6.31. The zero-order chi connectivity index (χ0) is 10.8. The lowest BCUT2D eigenvalue weighted by Crippen LogP contribution is -2.26. The number of hydrogen-bond acceptors (Lipinski definition) is 2. The van der Waals surface area contributed by atoms with Gasteiger partial charge in [-0.25, -0.2) is 4.39 Å². The number of rotatable bonds is 3. The lowest BCUT2D eigenvalue weighted by Gasteiger charge is -2.24. The molecule has 1 rings (SSSR count). The number of benzene rings is 1. The summed E-state index contributed by atoms with van der Waals surface area (Å²) >= 11 is 5.81. The van der Waals surface area contributed by atoms with E-state index in [1.165, 1.54) is 19.1 Å². The Bertz CT molecular complexity index is 308. The zero-order valence-electron chi connectivity index (χ0n) is 7.93. The van der Waals surface area contributed by atoms with E-state index in [0.717, 1.165) is 0 Å². The first-order chi connectivity index (χ1) is 6.49. The van der Waals surface area contributed by atoms with Crippen LogP contribution in [0.4, 0.5) is 4.39 Å². The van der Waals surface area contributed by atoms with Crippen LogP contribution in [0.1, 0.15) is 18.9 Å². The van der Waals surface area contributed by atoms with E-state index < -0.39 is 11.4 Å². The number of hydrogen-bond donors (Lipinski definition) is 2. The van der Waals surface area contributed by atoms with E-state index in [9.17, 15) is 9.50 Å². The molecule has 1 aromatic carbocycles. The molecule has 0 aliphatic carbocycles. The van der Waals surface area contributed by atoms with Gasteiger partial charge in [-0.3, -0.25) is 0 Å². The highest BCUT2D eigenvalue weighted by Crippen LogP contribution is 2.32. The average molecular weight is 218 g/mol. The normalized spacial score (nSPS) is 15.2. The topological polar surface area (TPSA) is 46.2 Å². The summed E-state index contributed by atoms with van der Waals surface area (Å²) < 4.78 is 13.4. The molecule has 0 amide bonds. The second-order valence-electron chi connectivity index (χ2n) is 3.41. The Kier molecular flexibility index (Phi) is 3.48. The van der Waals surface area contributed by atoms with Crippen molar-refractivity contribution in [2.24, 2.45) is 5.73 Å². The van der Waals surface area contributed by atoms with Crippen LogP contribution in [0.25, 0.3) is 0 Å². The monoisotopic (exact) mass is 217 g/mol. The van der Waals surface area contributed by atoms with Crippen LogP contribution in [0.15, 0.2) is 18.2 Å². The second kappa shape index (κ2) is 4.26. The smallest absolute Gasteiger partial charge is 0.130 e. The first kappa shape index (κ1) is 11.4. The van der Waals surface area contributed by atoms with Crippen molar-refractivity contribution in [1.82, 2.24) is 0 Å². The Balaban J connectivity index is 3.17. The van der Waals surface area contributed by atoms with Gasteiger partial charge in [0.1, 0.15) is 5.82 Å². The lowest BCUT2D eigenvalue weighted by atomic mass is 9.92. The largest absolute Gasteiger partial charge is 0.385 e. The minimum atomic E-state index is -1.31. The Labute approximate surface area is 87.5 Å². The molecule has 0 aliphatic rings. The van der Waals surface area contributed by atoms with Crippen LogP contribution < -0.4 is 5.73 Å². The molecular weight excluding hydrogens is 205 g/mol. The average Bonchev–Trinajstić information content (AvgIpc) is 2.02. The van der Waals surface area contributed by atoms with Crippen LogP contribution in [0.5, 0.6) is 0 Å². The molecule has 0 aromatic heterocycles. The van der Waals surface area contributed by atoms with Crippen LogP contribution in [0.3, 0.4) is 0 Å². The third-order valence-electron chi connectivity index (χ3n) is 2.13. The molecule has 78 valence electrons. The molecule has 0 radical (unpaired) electrons. The Hall–Kier alpha value is -0.640. The van der Waals surface area contributed by atoms with E-state index in [-0.39, 0.29) is 23.6 Å². The molecule has 3 N–H and O–H groups in total. The highest BCUT2D eigenvalue weighted by atomic mass is 35.5. The van der Waals surface area contributed by atoms with Crippen LogP contribution >= 0.6 is 11.6 Å². The van der Waals surface area contributed by atoms with Crippen molar-refractivity contribution in [2.45, 2.75) is 18.9 Å². The molecule has 0 heterocycles. The predicted octanol–water partition coefficient (Wildman–Crippen LogP) is 2.04. The molecule has 4 heteroatoms. The van der Waals surface area contributed by atoms with Crippen LogP contribution in [0, 0.1) is 5.82 Å². The van der Waals surface area contributed by atoms with Crippen molar-refractivity contribution < 1.29 is 9.50 Å². The summed E-state index contributed by atoms with van der Waals surface area (Å²) in [7, 11) is 0. The number of nitrogens with two attached hydrogens (primary N) is 1. The van der Waals surface area contributed by atoms with Crippen LogP contribution in [-0.4, -0.2) is 11.7 Å². The fraction of sp³-hybridized carbons (Fsp3) is 0.400. The van der Waals surface area contributed by atoms with Gasteiger partial charge in [0.25, 0.3) is 0 Å². The maximum absolute atomic E-state index is 13.4. The van der Waals surface area contributed by atoms with E-state index in [1.54, 1.807) is 6.07 Å². The summed E-state index contributed by atoms with van der Waals surface area (Å²) in [5.74, 6) is -0.504. The minimum absolute atomic E-state index is 0.118. The zero-order valence-corrected chi connectivity index (χ0v) is 8.68. The van der Waals surface area contributed by atoms with Gasteiger partial charge in [0.2, 0.25) is 0 Å². The van der Waals surface area contributed by atoms with E-state index in [4.69, 9.17) is 17.3 Å². The fourth-order valence-electron chi connectivity index (χ4n) is 1.42. The molecule has 0 bridgehead atoms. The van der Waals surface area contributed by atoms with Gasteiger partial charge in [-0.2, -0.15) is 0 Å². The van der Waals surface area contributed by atoms with Crippen molar-refractivity contribution in [2.75, 3.05) is 6.54 Å². The summed E-state index contributed by atoms with van der Waals surface area (Å²) in [6.45, 7) is 1.78. The number of aliphatic hydroxyl groups is 1. The van der Waals surface area contributed by atoms with E-state index in [1.807, 2.05) is 0 Å². The van der Waals surface area contributed by atoms with Gasteiger partial charge in [0.05, 0.1) is 5.60 Å². The molecule has 14 heavy (non-hydrogen) atoms. The fourth-order valence-corrected chi connectivity index (χ4v) is 1.78. The van der Waals surface area contributed by atoms with E-state index >= 15 is 0 Å². The molecule has 1 atom stereocenters. The van der Waals surface area contributed by atoms with Crippen molar-refractivity contribution in [3.8, 4) is 0 Å². The third-order valence-corrected chi connectivity index (χ3v) is 2.45. The Morgan fingerprint density at radius 2 is 2.21 bits per heavy atom. The van der Waals surface area contributed by atoms with E-state index in [0.29, 0.717) is 0 Å². The third kappa shape index (κ3) is 2.23. The summed E-state index contributed by atoms with van der Waals surface area (Å²) in [4.78, 5) is 0. The summed E-state index contributed by atoms with van der Waals surface area (Å²) in [5, 5.41) is 10.2. The van der Waals surface area contributed by atoms with Gasteiger partial charge in [-0.15, -0.1) is 0 Å². The van der Waals surface area contributed by atoms with Gasteiger partial charge < -0.3 is 10.8 Å². The van der Waals surface area contributed by atoms with Crippen LogP contribution in [0.2, 0.25) is 5.02 Å². The molecule has 0 saturated heterocycles. The predicted molar refractivity (Wildman–Crippen MR) is 54.7 cm³/mol. The molecular formula is C10H13ClFNO. The SMILES string of the molecule is CC(O)(CCN)c1c(F)cccc1Cl. The molecule has 2 nitrogen and oxygen atoms in total. The molecule has 0 spiro atoms. The second-order valence-corrected chi connectivity index (χ2v) is 3.82. The van der Waals surface area contributed by atoms with Gasteiger partial charge in [-0.1, -0.05) is 17.7 Å². The summed E-state index contributed by atoms with van der Waals surface area (Å²) in [6.07, 6.45) is 0.271. The highest BCUT2D eigenvalue weighted by Gasteiger charge is 2.28. The molecule has 1 aromatic rings. The first-order valence-corrected chi connectivity index (χ1v) is 4.74. The van der Waals surface area contributed by atoms with Crippen molar-refractivity contribution >= 4 is 11.6 Å². The van der Waals surface area contributed by atoms with Crippen LogP contribution in [-0.2, 0) is 5.60 Å². The Morgan fingerprint density at radius 1 is 1.57 bits per heavy atom. The first-order valence-electron chi connectivity index (χ1n) is 4.36. The maximum Gasteiger partial charge on any atom is 0.130 e. The number of halogens is 2. The van der Waals surface area contributed by atoms with Crippen molar-refractivity contribution in [3.63, 3.8) is 0 Å². The van der Waals surface area contributed by atoms with E-state index in [2.05, 4.69) is 0 Å². The standard InChI is InChI=1S/C10H13ClFNO/c1-10(14,5-6-13)9-7(11)3-2-4-8(9)12/h2-4,14H,5-6,13H2,1H3. The maximum atomic E-state index is 13.4. The molecule has 0 aliphatic heterocycles. The molecule has 0 fully saturated rings. The summed E-state index contributed by atoms with van der Waals surface area (Å²) in [6, 6.07) is 4.32. The van der Waals surface area contributed by atoms with Gasteiger partial charge in [0, 0.05) is 10.6 Å². The van der Waals surface area contributed by atoms with Gasteiger partial charge in [0.15, 0.2) is 0 Å². The molecule has 1 unspecified atom stereocenters. The summed E-state index contributed by atoms with van der Waals surface area (Å²) in [5.41, 5.74) is 4.14. The van der Waals surface area contributed by atoms with Crippen molar-refractivity contribution in [3.05, 3.63) is 34.6 Å². The quantitative estimate of drug-likeness (QED) is 0.814. The molecule has 0 saturated carbocycles. The minimum Gasteiger partial charge on any atom is -0.385 e. The van der Waals surface area contributed by atoms with Gasteiger partial charge >= 0.3 is 0 Å².